The van der Waals surface area contributed by atoms with Crippen molar-refractivity contribution in [1.29, 1.82) is 0 Å². The lowest BCUT2D eigenvalue weighted by Crippen LogP contribution is -2.26. The van der Waals surface area contributed by atoms with Crippen molar-refractivity contribution in [2.75, 3.05) is 20.8 Å². The van der Waals surface area contributed by atoms with Crippen LogP contribution in [-0.4, -0.2) is 26.7 Å². The second kappa shape index (κ2) is 8.06. The van der Waals surface area contributed by atoms with Crippen LogP contribution in [0.2, 0.25) is 0 Å². The number of unbranched alkanes of at least 4 members (excludes halogenated alkanes) is 1. The minimum absolute atomic E-state index is 0.153. The van der Waals surface area contributed by atoms with E-state index in [4.69, 9.17) is 9.47 Å². The maximum atomic E-state index is 12.1. The predicted octanol–water partition coefficient (Wildman–Crippen LogP) is 3.50. The summed E-state index contributed by atoms with van der Waals surface area (Å²) in [4.78, 5) is 12.1. The Labute approximate surface area is 133 Å². The average molecular weight is 305 g/mol. The van der Waals surface area contributed by atoms with Crippen molar-refractivity contribution in [3.8, 4) is 11.5 Å². The summed E-state index contributed by atoms with van der Waals surface area (Å²) >= 11 is 0. The molecule has 0 saturated heterocycles. The van der Waals surface area contributed by atoms with Gasteiger partial charge < -0.3 is 14.8 Å². The molecule has 22 heavy (non-hydrogen) atoms. The fourth-order valence-corrected chi connectivity index (χ4v) is 2.82. The first-order chi connectivity index (χ1) is 10.7. The number of benzene rings is 1. The molecular weight excluding hydrogens is 278 g/mol. The summed E-state index contributed by atoms with van der Waals surface area (Å²) in [5.41, 5.74) is 1.17. The highest BCUT2D eigenvalue weighted by Gasteiger charge is 2.34. The Hall–Kier alpha value is -1.71. The predicted molar refractivity (Wildman–Crippen MR) is 87.5 cm³/mol. The minimum Gasteiger partial charge on any atom is -0.493 e. The zero-order chi connectivity index (χ0) is 15.9. The standard InChI is InChI=1S/C18H27NO3/c1-4-5-10-19-18(20)12-15(13-6-7-13)14-8-9-16(21-2)17(11-14)22-3/h8-9,11,13,15H,4-7,10,12H2,1-3H3,(H,19,20). The van der Waals surface area contributed by atoms with Crippen molar-refractivity contribution in [3.63, 3.8) is 0 Å². The quantitative estimate of drug-likeness (QED) is 0.710. The van der Waals surface area contributed by atoms with Gasteiger partial charge >= 0.3 is 0 Å². The van der Waals surface area contributed by atoms with Crippen molar-refractivity contribution in [1.82, 2.24) is 5.32 Å². The van der Waals surface area contributed by atoms with E-state index in [0.29, 0.717) is 12.3 Å². The van der Waals surface area contributed by atoms with E-state index in [0.717, 1.165) is 30.9 Å². The molecule has 0 aromatic heterocycles. The number of nitrogens with one attached hydrogen (secondary N) is 1. The van der Waals surface area contributed by atoms with Crippen LogP contribution in [0.15, 0.2) is 18.2 Å². The van der Waals surface area contributed by atoms with E-state index >= 15 is 0 Å². The Balaban J connectivity index is 2.06. The Morgan fingerprint density at radius 2 is 2.00 bits per heavy atom. The van der Waals surface area contributed by atoms with E-state index in [9.17, 15) is 4.79 Å². The van der Waals surface area contributed by atoms with E-state index in [1.54, 1.807) is 14.2 Å². The molecule has 0 bridgehead atoms. The highest BCUT2D eigenvalue weighted by Crippen LogP contribution is 2.46. The summed E-state index contributed by atoms with van der Waals surface area (Å²) in [6.45, 7) is 2.90. The van der Waals surface area contributed by atoms with Crippen LogP contribution >= 0.6 is 0 Å². The minimum atomic E-state index is 0.153. The number of rotatable bonds is 9. The maximum absolute atomic E-state index is 12.1. The second-order valence-corrected chi connectivity index (χ2v) is 5.97. The molecule has 4 heteroatoms. The third-order valence-corrected chi connectivity index (χ3v) is 4.28. The molecular formula is C18H27NO3. The van der Waals surface area contributed by atoms with Gasteiger partial charge in [0.05, 0.1) is 14.2 Å². The zero-order valence-electron chi connectivity index (χ0n) is 13.9. The first kappa shape index (κ1) is 16.7. The van der Waals surface area contributed by atoms with Gasteiger partial charge in [0.2, 0.25) is 5.91 Å². The molecule has 4 nitrogen and oxygen atoms in total. The van der Waals surface area contributed by atoms with Crippen molar-refractivity contribution in [3.05, 3.63) is 23.8 Å². The lowest BCUT2D eigenvalue weighted by Gasteiger charge is -2.18. The van der Waals surface area contributed by atoms with E-state index in [1.165, 1.54) is 18.4 Å². The van der Waals surface area contributed by atoms with Crippen molar-refractivity contribution >= 4 is 5.91 Å². The van der Waals surface area contributed by atoms with Gasteiger partial charge in [0.25, 0.3) is 0 Å². The lowest BCUT2D eigenvalue weighted by molar-refractivity contribution is -0.121. The van der Waals surface area contributed by atoms with Gasteiger partial charge in [-0.25, -0.2) is 0 Å². The van der Waals surface area contributed by atoms with Crippen molar-refractivity contribution in [2.24, 2.45) is 5.92 Å². The largest absolute Gasteiger partial charge is 0.493 e. The number of hydrogen-bond acceptors (Lipinski definition) is 3. The molecule has 0 radical (unpaired) electrons. The normalized spacial score (nSPS) is 15.2. The fraction of sp³-hybridized carbons (Fsp3) is 0.611. The molecule has 1 unspecified atom stereocenters. The number of carbonyl (C=O) groups excluding carboxylic acids is 1. The number of methoxy groups -OCH3 is 2. The summed E-state index contributed by atoms with van der Waals surface area (Å²) in [5, 5.41) is 3.02. The van der Waals surface area contributed by atoms with Gasteiger partial charge in [-0.05, 0) is 48.8 Å². The molecule has 0 spiro atoms. The van der Waals surface area contributed by atoms with Crippen LogP contribution in [-0.2, 0) is 4.79 Å². The van der Waals surface area contributed by atoms with Crippen LogP contribution in [0, 0.1) is 5.92 Å². The van der Waals surface area contributed by atoms with Gasteiger partial charge in [-0.2, -0.15) is 0 Å². The molecule has 1 aliphatic carbocycles. The molecule has 0 aliphatic heterocycles. The smallest absolute Gasteiger partial charge is 0.220 e. The highest BCUT2D eigenvalue weighted by molar-refractivity contribution is 5.77. The highest BCUT2D eigenvalue weighted by atomic mass is 16.5. The van der Waals surface area contributed by atoms with Crippen LogP contribution in [0.4, 0.5) is 0 Å². The van der Waals surface area contributed by atoms with Crippen molar-refractivity contribution < 1.29 is 14.3 Å². The molecule has 1 aromatic rings. The van der Waals surface area contributed by atoms with Crippen LogP contribution in [0.5, 0.6) is 11.5 Å². The molecule has 1 N–H and O–H groups in total. The fourth-order valence-electron chi connectivity index (χ4n) is 2.82. The molecule has 1 aromatic carbocycles. The SMILES string of the molecule is CCCCNC(=O)CC(c1ccc(OC)c(OC)c1)C1CC1. The first-order valence-electron chi connectivity index (χ1n) is 8.18. The van der Waals surface area contributed by atoms with E-state index in [-0.39, 0.29) is 11.8 Å². The van der Waals surface area contributed by atoms with Gasteiger partial charge in [0.1, 0.15) is 0 Å². The van der Waals surface area contributed by atoms with Crippen molar-refractivity contribution in [2.45, 2.75) is 44.9 Å². The molecule has 1 saturated carbocycles. The second-order valence-electron chi connectivity index (χ2n) is 5.97. The average Bonchev–Trinajstić information content (AvgIpc) is 3.37. The first-order valence-corrected chi connectivity index (χ1v) is 8.18. The van der Waals surface area contributed by atoms with E-state index < -0.39 is 0 Å². The molecule has 0 heterocycles. The molecule has 1 atom stereocenters. The topological polar surface area (TPSA) is 47.6 Å². The Morgan fingerprint density at radius 1 is 1.27 bits per heavy atom. The Morgan fingerprint density at radius 3 is 2.59 bits per heavy atom. The third-order valence-electron chi connectivity index (χ3n) is 4.28. The van der Waals surface area contributed by atoms with Crippen LogP contribution in [0.25, 0.3) is 0 Å². The summed E-state index contributed by atoms with van der Waals surface area (Å²) < 4.78 is 10.7. The van der Waals surface area contributed by atoms with E-state index in [2.05, 4.69) is 18.3 Å². The van der Waals surface area contributed by atoms with Gasteiger partial charge in [-0.3, -0.25) is 4.79 Å². The molecule has 1 amide bonds. The zero-order valence-corrected chi connectivity index (χ0v) is 13.9. The van der Waals surface area contributed by atoms with Gasteiger partial charge in [0, 0.05) is 13.0 Å². The Kier molecular flexibility index (Phi) is 6.10. The van der Waals surface area contributed by atoms with Gasteiger partial charge in [0.15, 0.2) is 11.5 Å². The lowest BCUT2D eigenvalue weighted by atomic mass is 9.90. The summed E-state index contributed by atoms with van der Waals surface area (Å²) in [6.07, 6.45) is 5.12. The summed E-state index contributed by atoms with van der Waals surface area (Å²) in [6, 6.07) is 6.00. The number of ether oxygens (including phenoxy) is 2. The van der Waals surface area contributed by atoms with E-state index in [1.807, 2.05) is 12.1 Å². The van der Waals surface area contributed by atoms with Crippen LogP contribution < -0.4 is 14.8 Å². The summed E-state index contributed by atoms with van der Waals surface area (Å²) in [5.74, 6) is 2.52. The number of carbonyl (C=O) groups is 1. The molecule has 2 rings (SSSR count). The number of hydrogen-bond donors (Lipinski definition) is 1. The molecule has 1 fully saturated rings. The third kappa shape index (κ3) is 4.39. The molecule has 122 valence electrons. The van der Waals surface area contributed by atoms with Gasteiger partial charge in [-0.15, -0.1) is 0 Å². The summed E-state index contributed by atoms with van der Waals surface area (Å²) in [7, 11) is 3.28. The maximum Gasteiger partial charge on any atom is 0.220 e. The monoisotopic (exact) mass is 305 g/mol. The van der Waals surface area contributed by atoms with Gasteiger partial charge in [-0.1, -0.05) is 19.4 Å². The van der Waals surface area contributed by atoms with Crippen LogP contribution in [0.1, 0.15) is 50.5 Å². The Bertz CT molecular complexity index is 497. The van der Waals surface area contributed by atoms with Crippen LogP contribution in [0.3, 0.4) is 0 Å². The molecule has 1 aliphatic rings. The number of amides is 1.